The summed E-state index contributed by atoms with van der Waals surface area (Å²) in [6, 6.07) is 11.1. The number of halogens is 2. The van der Waals surface area contributed by atoms with Crippen LogP contribution in [0.1, 0.15) is 16.1 Å². The van der Waals surface area contributed by atoms with Crippen molar-refractivity contribution in [3.8, 4) is 17.6 Å². The number of fused-ring (bicyclic) bond motifs is 2. The van der Waals surface area contributed by atoms with Gasteiger partial charge in [-0.15, -0.1) is 8.78 Å². The van der Waals surface area contributed by atoms with Crippen LogP contribution in [0.4, 0.5) is 8.78 Å². The molecule has 0 N–H and O–H groups in total. The van der Waals surface area contributed by atoms with Crippen molar-refractivity contribution >= 4 is 26.7 Å². The average Bonchev–Trinajstić information content (AvgIpc) is 3.24. The maximum absolute atomic E-state index is 13.6. The number of ether oxygens (including phenoxy) is 2. The van der Waals surface area contributed by atoms with Crippen molar-refractivity contribution in [2.24, 2.45) is 0 Å². The summed E-state index contributed by atoms with van der Waals surface area (Å²) in [4.78, 5) is 14.5. The number of nitriles is 1. The Hall–Kier alpha value is -3.91. The fourth-order valence-electron chi connectivity index (χ4n) is 3.40. The van der Waals surface area contributed by atoms with E-state index in [1.165, 1.54) is 29.3 Å². The Kier molecular flexibility index (Phi) is 5.13. The van der Waals surface area contributed by atoms with Crippen molar-refractivity contribution in [3.63, 3.8) is 0 Å². The van der Waals surface area contributed by atoms with Gasteiger partial charge in [-0.2, -0.15) is 5.26 Å². The molecule has 0 unspecified atom stereocenters. The highest BCUT2D eigenvalue weighted by molar-refractivity contribution is 7.90. The number of carbonyl (C=O) groups is 1. The van der Waals surface area contributed by atoms with Crippen LogP contribution in [-0.2, 0) is 10.0 Å². The molecule has 170 valence electrons. The fraction of sp³-hybridized carbons (Fsp3) is 0.182. The highest BCUT2D eigenvalue weighted by Gasteiger charge is 2.44. The lowest BCUT2D eigenvalue weighted by molar-refractivity contribution is -0.286. The number of Topliss-reactive ketones (excluding diaryl/α,β-unsaturated/α-hetero) is 1. The molecular weight excluding hydrogens is 456 g/mol. The van der Waals surface area contributed by atoms with E-state index < -0.39 is 22.1 Å². The second-order valence-electron chi connectivity index (χ2n) is 7.58. The van der Waals surface area contributed by atoms with E-state index in [9.17, 15) is 27.3 Å². The number of aryl methyl sites for hydroxylation is 1. The molecule has 1 aliphatic rings. The Balaban J connectivity index is 2.01. The molecule has 2 aromatic carbocycles. The van der Waals surface area contributed by atoms with Crippen molar-refractivity contribution in [2.45, 2.75) is 18.1 Å². The minimum Gasteiger partial charge on any atom is -0.395 e. The van der Waals surface area contributed by atoms with Crippen molar-refractivity contribution in [2.75, 3.05) is 14.1 Å². The largest absolute Gasteiger partial charge is 0.586 e. The van der Waals surface area contributed by atoms with Gasteiger partial charge in [0.2, 0.25) is 5.78 Å². The van der Waals surface area contributed by atoms with Crippen molar-refractivity contribution in [1.29, 1.82) is 5.26 Å². The Morgan fingerprint density at radius 1 is 1.12 bits per heavy atom. The average molecular weight is 473 g/mol. The summed E-state index contributed by atoms with van der Waals surface area (Å²) < 4.78 is 63.9. The maximum Gasteiger partial charge on any atom is 0.586 e. The lowest BCUT2D eigenvalue weighted by Gasteiger charge is -2.12. The predicted octanol–water partition coefficient (Wildman–Crippen LogP) is 3.66. The van der Waals surface area contributed by atoms with Crippen LogP contribution in [-0.4, -0.2) is 43.5 Å². The fourth-order valence-corrected chi connectivity index (χ4v) is 4.90. The first-order valence-electron chi connectivity index (χ1n) is 9.53. The zero-order chi connectivity index (χ0) is 24.1. The quantitative estimate of drug-likeness (QED) is 0.317. The molecule has 0 aliphatic carbocycles. The summed E-state index contributed by atoms with van der Waals surface area (Å²) in [6.45, 7) is 1.78. The summed E-state index contributed by atoms with van der Waals surface area (Å²) >= 11 is 0. The van der Waals surface area contributed by atoms with Crippen LogP contribution in [0.15, 0.2) is 59.1 Å². The predicted molar refractivity (Wildman–Crippen MR) is 114 cm³/mol. The molecule has 0 radical (unpaired) electrons. The van der Waals surface area contributed by atoms with E-state index in [2.05, 4.69) is 9.47 Å². The number of hydrogen-bond donors (Lipinski definition) is 0. The number of nitrogens with zero attached hydrogens (tertiary/aromatic N) is 3. The third-order valence-electron chi connectivity index (χ3n) is 4.82. The van der Waals surface area contributed by atoms with E-state index in [0.717, 1.165) is 21.7 Å². The van der Waals surface area contributed by atoms with Crippen molar-refractivity contribution < 1.29 is 31.5 Å². The Labute approximate surface area is 187 Å². The zero-order valence-electron chi connectivity index (χ0n) is 17.7. The van der Waals surface area contributed by atoms with Gasteiger partial charge in [-0.25, -0.2) is 12.4 Å². The standard InChI is InChI=1S/C22H17F2N3O5S/c1-13-4-6-16(7-5-13)33(29,30)27-17-10-20-19(31-22(23,24)32-20)9-14(17)8-18(27)21(28)15(11-25)12-26(2)3/h4-10,12H,1-3H3. The van der Waals surface area contributed by atoms with Crippen LogP contribution in [0.2, 0.25) is 0 Å². The molecule has 33 heavy (non-hydrogen) atoms. The van der Waals surface area contributed by atoms with Crippen LogP contribution in [0, 0.1) is 18.3 Å². The third kappa shape index (κ3) is 3.89. The number of rotatable bonds is 5. The summed E-state index contributed by atoms with van der Waals surface area (Å²) in [7, 11) is -1.17. The molecule has 0 atom stereocenters. The van der Waals surface area contributed by atoms with Crippen LogP contribution >= 0.6 is 0 Å². The van der Waals surface area contributed by atoms with Gasteiger partial charge in [-0.3, -0.25) is 4.79 Å². The second-order valence-corrected chi connectivity index (χ2v) is 9.37. The van der Waals surface area contributed by atoms with E-state index in [-0.39, 0.29) is 38.6 Å². The topological polar surface area (TPSA) is 102 Å². The number of benzene rings is 2. The molecule has 8 nitrogen and oxygen atoms in total. The monoisotopic (exact) mass is 473 g/mol. The van der Waals surface area contributed by atoms with Gasteiger partial charge >= 0.3 is 6.29 Å². The number of aromatic nitrogens is 1. The molecule has 1 aliphatic heterocycles. The van der Waals surface area contributed by atoms with Crippen molar-refractivity contribution in [3.05, 3.63) is 65.5 Å². The van der Waals surface area contributed by atoms with E-state index >= 15 is 0 Å². The van der Waals surface area contributed by atoms with Crippen molar-refractivity contribution in [1.82, 2.24) is 8.87 Å². The first-order chi connectivity index (χ1) is 15.4. The van der Waals surface area contributed by atoms with Crippen LogP contribution in [0.3, 0.4) is 0 Å². The van der Waals surface area contributed by atoms with Gasteiger partial charge in [0.25, 0.3) is 10.0 Å². The lowest BCUT2D eigenvalue weighted by Crippen LogP contribution is -2.26. The molecule has 3 aromatic rings. The lowest BCUT2D eigenvalue weighted by atomic mass is 10.1. The SMILES string of the molecule is Cc1ccc(S(=O)(=O)n2c(C(=O)C(C#N)=CN(C)C)cc3cc4c(cc32)OC(F)(F)O4)cc1. The molecule has 0 spiro atoms. The number of alkyl halides is 2. The van der Waals surface area contributed by atoms with Gasteiger partial charge in [-0.1, -0.05) is 17.7 Å². The number of hydrogen-bond acceptors (Lipinski definition) is 7. The Morgan fingerprint density at radius 3 is 2.30 bits per heavy atom. The van der Waals surface area contributed by atoms with E-state index in [1.807, 2.05) is 0 Å². The zero-order valence-corrected chi connectivity index (χ0v) is 18.5. The number of carbonyl (C=O) groups excluding carboxylic acids is 1. The smallest absolute Gasteiger partial charge is 0.395 e. The Bertz CT molecular complexity index is 1470. The molecule has 0 saturated heterocycles. The van der Waals surface area contributed by atoms with E-state index in [1.54, 1.807) is 39.2 Å². The summed E-state index contributed by atoms with van der Waals surface area (Å²) in [5, 5.41) is 9.60. The summed E-state index contributed by atoms with van der Waals surface area (Å²) in [5.41, 5.74) is 0.0837. The van der Waals surface area contributed by atoms with Crippen LogP contribution in [0.25, 0.3) is 10.9 Å². The highest BCUT2D eigenvalue weighted by Crippen LogP contribution is 2.44. The van der Waals surface area contributed by atoms with Gasteiger partial charge in [0, 0.05) is 31.7 Å². The third-order valence-corrected chi connectivity index (χ3v) is 6.57. The first-order valence-corrected chi connectivity index (χ1v) is 11.0. The van der Waals surface area contributed by atoms with Crippen LogP contribution in [0.5, 0.6) is 11.5 Å². The molecule has 2 heterocycles. The number of ketones is 1. The number of allylic oxidation sites excluding steroid dienone is 1. The Morgan fingerprint density at radius 2 is 1.73 bits per heavy atom. The second kappa shape index (κ2) is 7.60. The normalized spacial score (nSPS) is 14.8. The molecule has 11 heteroatoms. The first kappa shape index (κ1) is 22.3. The molecule has 0 saturated carbocycles. The van der Waals surface area contributed by atoms with Gasteiger partial charge in [0.15, 0.2) is 11.5 Å². The molecule has 1 aromatic heterocycles. The highest BCUT2D eigenvalue weighted by atomic mass is 32.2. The van der Waals surface area contributed by atoms with Gasteiger partial charge in [-0.05, 0) is 31.2 Å². The minimum absolute atomic E-state index is 0.0823. The summed E-state index contributed by atoms with van der Waals surface area (Å²) in [5.74, 6) is -1.54. The van der Waals surface area contributed by atoms with Crippen LogP contribution < -0.4 is 9.47 Å². The minimum atomic E-state index is -4.37. The van der Waals surface area contributed by atoms with Gasteiger partial charge < -0.3 is 14.4 Å². The van der Waals surface area contributed by atoms with Gasteiger partial charge in [0.1, 0.15) is 17.3 Å². The van der Waals surface area contributed by atoms with E-state index in [0.29, 0.717) is 0 Å². The molecule has 0 bridgehead atoms. The molecule has 4 rings (SSSR count). The molecule has 0 fully saturated rings. The van der Waals surface area contributed by atoms with Gasteiger partial charge in [0.05, 0.1) is 10.4 Å². The molecule has 0 amide bonds. The summed E-state index contributed by atoms with van der Waals surface area (Å²) in [6.07, 6.45) is -2.64. The maximum atomic E-state index is 13.6. The molecular formula is C22H17F2N3O5S. The van der Waals surface area contributed by atoms with E-state index in [4.69, 9.17) is 0 Å².